The molecule has 3 rings (SSSR count). The third-order valence-corrected chi connectivity index (χ3v) is 4.51. The van der Waals surface area contributed by atoms with Crippen molar-refractivity contribution >= 4 is 17.4 Å². The number of aryl methyl sites for hydroxylation is 1. The SMILES string of the molecule is Cc1ccc(-n2nc(C(C)C)c3c2NCCCC3)cc1Cl. The third-order valence-electron chi connectivity index (χ3n) is 4.11. The van der Waals surface area contributed by atoms with Crippen LogP contribution in [0.25, 0.3) is 5.69 Å². The summed E-state index contributed by atoms with van der Waals surface area (Å²) < 4.78 is 2.03. The number of anilines is 1. The zero-order chi connectivity index (χ0) is 15.0. The molecule has 0 amide bonds. The van der Waals surface area contributed by atoms with E-state index in [1.165, 1.54) is 24.1 Å². The summed E-state index contributed by atoms with van der Waals surface area (Å²) in [6.07, 6.45) is 3.54. The fourth-order valence-corrected chi connectivity index (χ4v) is 3.07. The Labute approximate surface area is 131 Å². The molecule has 21 heavy (non-hydrogen) atoms. The highest BCUT2D eigenvalue weighted by atomic mass is 35.5. The van der Waals surface area contributed by atoms with Crippen molar-refractivity contribution in [2.45, 2.75) is 46.0 Å². The zero-order valence-electron chi connectivity index (χ0n) is 12.9. The maximum atomic E-state index is 6.29. The second kappa shape index (κ2) is 5.72. The smallest absolute Gasteiger partial charge is 0.133 e. The molecular formula is C17H22ClN3. The highest BCUT2D eigenvalue weighted by Gasteiger charge is 2.22. The molecule has 1 aromatic carbocycles. The van der Waals surface area contributed by atoms with Gasteiger partial charge in [-0.2, -0.15) is 5.10 Å². The van der Waals surface area contributed by atoms with Gasteiger partial charge in [-0.15, -0.1) is 0 Å². The van der Waals surface area contributed by atoms with Crippen LogP contribution in [0.1, 0.15) is 49.4 Å². The Kier molecular flexibility index (Phi) is 3.94. The van der Waals surface area contributed by atoms with Crippen molar-refractivity contribution in [3.05, 3.63) is 40.0 Å². The fraction of sp³-hybridized carbons (Fsp3) is 0.471. The predicted octanol–water partition coefficient (Wildman–Crippen LogP) is 4.71. The van der Waals surface area contributed by atoms with Gasteiger partial charge >= 0.3 is 0 Å². The van der Waals surface area contributed by atoms with Crippen LogP contribution < -0.4 is 5.32 Å². The van der Waals surface area contributed by atoms with E-state index in [0.717, 1.165) is 35.1 Å². The molecule has 4 heteroatoms. The average Bonchev–Trinajstić information content (AvgIpc) is 2.65. The highest BCUT2D eigenvalue weighted by Crippen LogP contribution is 2.32. The van der Waals surface area contributed by atoms with Crippen molar-refractivity contribution in [1.29, 1.82) is 0 Å². The topological polar surface area (TPSA) is 29.9 Å². The Morgan fingerprint density at radius 2 is 2.10 bits per heavy atom. The van der Waals surface area contributed by atoms with Gasteiger partial charge in [-0.05, 0) is 49.8 Å². The van der Waals surface area contributed by atoms with Gasteiger partial charge in [0.05, 0.1) is 11.4 Å². The lowest BCUT2D eigenvalue weighted by atomic mass is 10.0. The summed E-state index contributed by atoms with van der Waals surface area (Å²) in [5.74, 6) is 1.58. The fourth-order valence-electron chi connectivity index (χ4n) is 2.89. The molecule has 0 spiro atoms. The lowest BCUT2D eigenvalue weighted by Gasteiger charge is -2.10. The Morgan fingerprint density at radius 3 is 2.81 bits per heavy atom. The summed E-state index contributed by atoms with van der Waals surface area (Å²) >= 11 is 6.29. The normalized spacial score (nSPS) is 14.7. The van der Waals surface area contributed by atoms with E-state index in [2.05, 4.69) is 31.3 Å². The number of fused-ring (bicyclic) bond motifs is 1. The summed E-state index contributed by atoms with van der Waals surface area (Å²) in [7, 11) is 0. The van der Waals surface area contributed by atoms with Gasteiger partial charge in [0.25, 0.3) is 0 Å². The first kappa shape index (κ1) is 14.5. The number of nitrogens with one attached hydrogen (secondary N) is 1. The molecule has 1 N–H and O–H groups in total. The van der Waals surface area contributed by atoms with Crippen molar-refractivity contribution < 1.29 is 0 Å². The van der Waals surface area contributed by atoms with E-state index >= 15 is 0 Å². The molecule has 0 fully saturated rings. The van der Waals surface area contributed by atoms with Crippen LogP contribution in [0.15, 0.2) is 18.2 Å². The second-order valence-electron chi connectivity index (χ2n) is 6.10. The van der Waals surface area contributed by atoms with Gasteiger partial charge in [0, 0.05) is 17.1 Å². The number of aromatic nitrogens is 2. The van der Waals surface area contributed by atoms with Crippen LogP contribution in [-0.2, 0) is 6.42 Å². The monoisotopic (exact) mass is 303 g/mol. The Hall–Kier alpha value is -1.48. The molecule has 0 radical (unpaired) electrons. The van der Waals surface area contributed by atoms with Crippen LogP contribution in [0, 0.1) is 6.92 Å². The second-order valence-corrected chi connectivity index (χ2v) is 6.50. The third kappa shape index (κ3) is 2.67. The van der Waals surface area contributed by atoms with E-state index in [9.17, 15) is 0 Å². The minimum atomic E-state index is 0.431. The summed E-state index contributed by atoms with van der Waals surface area (Å²) in [6, 6.07) is 6.14. The van der Waals surface area contributed by atoms with Crippen molar-refractivity contribution in [1.82, 2.24) is 9.78 Å². The quantitative estimate of drug-likeness (QED) is 0.871. The van der Waals surface area contributed by atoms with Crippen LogP contribution in [0.4, 0.5) is 5.82 Å². The standard InChI is InChI=1S/C17H22ClN3/c1-11(2)16-14-6-4-5-9-19-17(14)21(20-16)13-8-7-12(3)15(18)10-13/h7-8,10-11,19H,4-6,9H2,1-3H3. The molecule has 3 nitrogen and oxygen atoms in total. The van der Waals surface area contributed by atoms with Crippen LogP contribution in [-0.4, -0.2) is 16.3 Å². The summed E-state index contributed by atoms with van der Waals surface area (Å²) in [5, 5.41) is 9.22. The molecule has 0 unspecified atom stereocenters. The summed E-state index contributed by atoms with van der Waals surface area (Å²) in [4.78, 5) is 0. The van der Waals surface area contributed by atoms with Crippen LogP contribution in [0.2, 0.25) is 5.02 Å². The van der Waals surface area contributed by atoms with Crippen LogP contribution in [0.5, 0.6) is 0 Å². The van der Waals surface area contributed by atoms with Crippen molar-refractivity contribution in [3.63, 3.8) is 0 Å². The number of hydrogen-bond acceptors (Lipinski definition) is 2. The molecule has 2 aromatic rings. The molecule has 1 aliphatic heterocycles. The molecule has 0 saturated heterocycles. The van der Waals surface area contributed by atoms with Crippen molar-refractivity contribution in [2.24, 2.45) is 0 Å². The highest BCUT2D eigenvalue weighted by molar-refractivity contribution is 6.31. The van der Waals surface area contributed by atoms with E-state index in [1.807, 2.05) is 17.7 Å². The predicted molar refractivity (Wildman–Crippen MR) is 88.8 cm³/mol. The molecule has 112 valence electrons. The molecule has 1 aliphatic rings. The number of halogens is 1. The first-order chi connectivity index (χ1) is 10.1. The summed E-state index contributed by atoms with van der Waals surface area (Å²) in [5.41, 5.74) is 4.70. The minimum Gasteiger partial charge on any atom is -0.370 e. The average molecular weight is 304 g/mol. The number of benzene rings is 1. The van der Waals surface area contributed by atoms with E-state index < -0.39 is 0 Å². The first-order valence-corrected chi connectivity index (χ1v) is 8.08. The molecule has 0 bridgehead atoms. The van der Waals surface area contributed by atoms with E-state index in [0.29, 0.717) is 5.92 Å². The first-order valence-electron chi connectivity index (χ1n) is 7.70. The Bertz CT molecular complexity index is 658. The van der Waals surface area contributed by atoms with Gasteiger partial charge in [0.15, 0.2) is 0 Å². The van der Waals surface area contributed by atoms with Gasteiger partial charge in [-0.3, -0.25) is 0 Å². The van der Waals surface area contributed by atoms with Crippen LogP contribution >= 0.6 is 11.6 Å². The Balaban J connectivity index is 2.15. The minimum absolute atomic E-state index is 0.431. The van der Waals surface area contributed by atoms with Gasteiger partial charge in [-0.1, -0.05) is 31.5 Å². The molecule has 0 aliphatic carbocycles. The number of nitrogens with zero attached hydrogens (tertiary/aromatic N) is 2. The number of rotatable bonds is 2. The van der Waals surface area contributed by atoms with Crippen molar-refractivity contribution in [3.8, 4) is 5.69 Å². The van der Waals surface area contributed by atoms with Crippen LogP contribution in [0.3, 0.4) is 0 Å². The van der Waals surface area contributed by atoms with Gasteiger partial charge < -0.3 is 5.32 Å². The molecular weight excluding hydrogens is 282 g/mol. The van der Waals surface area contributed by atoms with Gasteiger partial charge in [0.1, 0.15) is 5.82 Å². The maximum absolute atomic E-state index is 6.29. The molecule has 1 aromatic heterocycles. The lowest BCUT2D eigenvalue weighted by molar-refractivity contribution is 0.731. The van der Waals surface area contributed by atoms with Gasteiger partial charge in [-0.25, -0.2) is 4.68 Å². The molecule has 0 atom stereocenters. The molecule has 0 saturated carbocycles. The maximum Gasteiger partial charge on any atom is 0.133 e. The molecule has 2 heterocycles. The van der Waals surface area contributed by atoms with E-state index in [-0.39, 0.29) is 0 Å². The zero-order valence-corrected chi connectivity index (χ0v) is 13.7. The lowest BCUT2D eigenvalue weighted by Crippen LogP contribution is -2.07. The van der Waals surface area contributed by atoms with E-state index in [1.54, 1.807) is 0 Å². The number of hydrogen-bond donors (Lipinski definition) is 1. The van der Waals surface area contributed by atoms with Crippen molar-refractivity contribution in [2.75, 3.05) is 11.9 Å². The summed E-state index contributed by atoms with van der Waals surface area (Å²) in [6.45, 7) is 7.45. The Morgan fingerprint density at radius 1 is 1.29 bits per heavy atom. The largest absolute Gasteiger partial charge is 0.370 e. The van der Waals surface area contributed by atoms with E-state index in [4.69, 9.17) is 16.7 Å². The van der Waals surface area contributed by atoms with Gasteiger partial charge in [0.2, 0.25) is 0 Å².